The molecule has 0 fully saturated rings. The van der Waals surface area contributed by atoms with Crippen molar-refractivity contribution in [3.63, 3.8) is 0 Å². The van der Waals surface area contributed by atoms with Crippen LogP contribution >= 0.6 is 54.2 Å². The van der Waals surface area contributed by atoms with Crippen molar-refractivity contribution in [3.05, 3.63) is 38.3 Å². The van der Waals surface area contributed by atoms with Crippen LogP contribution in [-0.4, -0.2) is 14.2 Å². The van der Waals surface area contributed by atoms with Gasteiger partial charge in [0, 0.05) is 30.3 Å². The van der Waals surface area contributed by atoms with Crippen molar-refractivity contribution in [2.75, 3.05) is 14.2 Å². The van der Waals surface area contributed by atoms with Crippen molar-refractivity contribution in [2.45, 2.75) is 0 Å². The van der Waals surface area contributed by atoms with Gasteiger partial charge in [0.05, 0.1) is 10.0 Å². The highest BCUT2D eigenvalue weighted by Gasteiger charge is 2.27. The fourth-order valence-electron chi connectivity index (χ4n) is 1.13. The van der Waals surface area contributed by atoms with E-state index in [9.17, 15) is 4.57 Å². The molecule has 0 unspecified atom stereocenters. The molecule has 0 saturated carbocycles. The second kappa shape index (κ2) is 7.19. The van der Waals surface area contributed by atoms with Crippen molar-refractivity contribution < 1.29 is 18.1 Å². The van der Waals surface area contributed by atoms with E-state index >= 15 is 0 Å². The Balaban J connectivity index is 3.23. The summed E-state index contributed by atoms with van der Waals surface area (Å²) >= 11 is 23.4. The molecule has 1 aromatic carbocycles. The van der Waals surface area contributed by atoms with E-state index in [1.165, 1.54) is 26.4 Å². The molecule has 0 heterocycles. The number of phosphoric acid groups is 1. The summed E-state index contributed by atoms with van der Waals surface area (Å²) in [4.78, 5) is 0. The molecule has 1 aromatic rings. The Labute approximate surface area is 130 Å². The predicted molar refractivity (Wildman–Crippen MR) is 78.0 cm³/mol. The Hall–Kier alpha value is 0.0700. The van der Waals surface area contributed by atoms with Crippen LogP contribution in [0.3, 0.4) is 0 Å². The third-order valence-corrected chi connectivity index (χ3v) is 4.55. The first-order chi connectivity index (χ1) is 8.86. The van der Waals surface area contributed by atoms with Crippen LogP contribution < -0.4 is 0 Å². The van der Waals surface area contributed by atoms with E-state index in [1.807, 2.05) is 0 Å². The second-order valence-corrected chi connectivity index (χ2v) is 6.37. The summed E-state index contributed by atoms with van der Waals surface area (Å²) in [5.41, 5.74) is 1.29. The molecule has 0 aromatic heterocycles. The Kier molecular flexibility index (Phi) is 6.48. The summed E-state index contributed by atoms with van der Waals surface area (Å²) in [5.74, 6) is -0.0388. The molecule has 4 nitrogen and oxygen atoms in total. The van der Waals surface area contributed by atoms with E-state index in [-0.39, 0.29) is 21.4 Å². The van der Waals surface area contributed by atoms with Gasteiger partial charge >= 0.3 is 7.82 Å². The lowest BCUT2D eigenvalue weighted by Crippen LogP contribution is -1.96. The fourth-order valence-corrected chi connectivity index (χ4v) is 2.74. The van der Waals surface area contributed by atoms with Gasteiger partial charge in [0.1, 0.15) is 0 Å². The lowest BCUT2D eigenvalue weighted by molar-refractivity contribution is 0.201. The Morgan fingerprint density at radius 3 is 2.26 bits per heavy atom. The molecule has 0 aliphatic carbocycles. The van der Waals surface area contributed by atoms with Crippen LogP contribution in [0, 0.1) is 0 Å². The molecule has 19 heavy (non-hydrogen) atoms. The molecule has 0 saturated heterocycles. The van der Waals surface area contributed by atoms with Crippen LogP contribution in [0.15, 0.2) is 17.7 Å². The zero-order valence-corrected chi connectivity index (χ0v) is 13.7. The van der Waals surface area contributed by atoms with Gasteiger partial charge in [-0.1, -0.05) is 46.4 Å². The van der Waals surface area contributed by atoms with Crippen LogP contribution in [0.4, 0.5) is 0 Å². The zero-order chi connectivity index (χ0) is 14.6. The van der Waals surface area contributed by atoms with Crippen LogP contribution in [-0.2, 0) is 18.1 Å². The molecule has 106 valence electrons. The third-order valence-electron chi connectivity index (χ3n) is 2.01. The Morgan fingerprint density at radius 2 is 1.79 bits per heavy atom. The molecular formula is C10H9Cl4O4P. The average molecular weight is 366 g/mol. The highest BCUT2D eigenvalue weighted by Crippen LogP contribution is 2.52. The van der Waals surface area contributed by atoms with Gasteiger partial charge in [-0.05, 0) is 12.1 Å². The van der Waals surface area contributed by atoms with Crippen molar-refractivity contribution in [1.82, 2.24) is 0 Å². The Bertz CT molecular complexity index is 539. The number of hydrogen-bond donors (Lipinski definition) is 0. The maximum Gasteiger partial charge on any atom is 0.529 e. The molecule has 0 bridgehead atoms. The first kappa shape index (κ1) is 17.1. The minimum atomic E-state index is -3.77. The van der Waals surface area contributed by atoms with Crippen LogP contribution in [0.1, 0.15) is 5.56 Å². The minimum absolute atomic E-state index is 0.0388. The minimum Gasteiger partial charge on any atom is -0.402 e. The molecule has 0 radical (unpaired) electrons. The molecule has 0 aliphatic heterocycles. The summed E-state index contributed by atoms with van der Waals surface area (Å²) in [5, 5.41) is 0.666. The normalized spacial score (nSPS) is 12.6. The smallest absolute Gasteiger partial charge is 0.402 e. The lowest BCUT2D eigenvalue weighted by Gasteiger charge is -2.17. The number of phosphoric ester groups is 1. The first-order valence-corrected chi connectivity index (χ1v) is 7.76. The van der Waals surface area contributed by atoms with E-state index in [0.717, 1.165) is 5.54 Å². The maximum absolute atomic E-state index is 11.9. The number of halogens is 4. The van der Waals surface area contributed by atoms with Crippen molar-refractivity contribution in [2.24, 2.45) is 0 Å². The first-order valence-electron chi connectivity index (χ1n) is 4.73. The molecule has 0 aliphatic rings. The second-order valence-electron chi connectivity index (χ2n) is 3.13. The average Bonchev–Trinajstić information content (AvgIpc) is 2.40. The summed E-state index contributed by atoms with van der Waals surface area (Å²) in [6.45, 7) is 0. The van der Waals surface area contributed by atoms with Gasteiger partial charge in [-0.25, -0.2) is 4.57 Å². The van der Waals surface area contributed by atoms with Gasteiger partial charge in [-0.3, -0.25) is 9.05 Å². The quantitative estimate of drug-likeness (QED) is 0.387. The van der Waals surface area contributed by atoms with Gasteiger partial charge in [0.15, 0.2) is 5.76 Å². The van der Waals surface area contributed by atoms with Gasteiger partial charge in [-0.2, -0.15) is 0 Å². The van der Waals surface area contributed by atoms with Crippen LogP contribution in [0.2, 0.25) is 15.1 Å². The zero-order valence-electron chi connectivity index (χ0n) is 9.82. The van der Waals surface area contributed by atoms with Crippen molar-refractivity contribution in [3.8, 4) is 0 Å². The monoisotopic (exact) mass is 364 g/mol. The molecular weight excluding hydrogens is 357 g/mol. The largest absolute Gasteiger partial charge is 0.529 e. The third kappa shape index (κ3) is 4.27. The Morgan fingerprint density at radius 1 is 1.21 bits per heavy atom. The van der Waals surface area contributed by atoms with E-state index in [1.54, 1.807) is 0 Å². The topological polar surface area (TPSA) is 44.8 Å². The van der Waals surface area contributed by atoms with Crippen molar-refractivity contribution in [1.29, 1.82) is 0 Å². The molecule has 1 rings (SSSR count). The van der Waals surface area contributed by atoms with Gasteiger partial charge in [-0.15, -0.1) is 0 Å². The highest BCUT2D eigenvalue weighted by molar-refractivity contribution is 7.48. The number of hydrogen-bond acceptors (Lipinski definition) is 4. The van der Waals surface area contributed by atoms with E-state index in [0.29, 0.717) is 5.02 Å². The standard InChI is InChI=1S/C10H9Cl4O4P/c1-16-19(15,17-2)18-9(5-11)7-3-6(12)4-8(13)10(7)14/h3-5H,1-2H3/b9-5+. The summed E-state index contributed by atoms with van der Waals surface area (Å²) in [7, 11) is -1.43. The van der Waals surface area contributed by atoms with Gasteiger partial charge < -0.3 is 4.52 Å². The molecule has 9 heteroatoms. The molecule has 0 N–H and O–H groups in total. The van der Waals surface area contributed by atoms with Crippen LogP contribution in [0.25, 0.3) is 5.76 Å². The number of rotatable bonds is 5. The number of benzene rings is 1. The molecule has 0 atom stereocenters. The predicted octanol–water partition coefficient (Wildman–Crippen LogP) is 5.60. The van der Waals surface area contributed by atoms with E-state index in [2.05, 4.69) is 9.05 Å². The van der Waals surface area contributed by atoms with E-state index < -0.39 is 7.82 Å². The lowest BCUT2D eigenvalue weighted by atomic mass is 10.2. The van der Waals surface area contributed by atoms with Crippen LogP contribution in [0.5, 0.6) is 0 Å². The maximum atomic E-state index is 11.9. The van der Waals surface area contributed by atoms with Gasteiger partial charge in [0.2, 0.25) is 0 Å². The fraction of sp³-hybridized carbons (Fsp3) is 0.200. The van der Waals surface area contributed by atoms with E-state index in [4.69, 9.17) is 50.9 Å². The summed E-state index contributed by atoms with van der Waals surface area (Å²) in [6, 6.07) is 2.91. The van der Waals surface area contributed by atoms with Gasteiger partial charge in [0.25, 0.3) is 0 Å². The van der Waals surface area contributed by atoms with Crippen molar-refractivity contribution >= 4 is 60.0 Å². The molecule has 0 amide bonds. The summed E-state index contributed by atoms with van der Waals surface area (Å²) in [6.07, 6.45) is 0. The SMILES string of the molecule is COP(=O)(OC)O/C(=C/Cl)c1cc(Cl)cc(Cl)c1Cl. The molecule has 0 spiro atoms. The summed E-state index contributed by atoms with van der Waals surface area (Å²) < 4.78 is 26.3. The highest BCUT2D eigenvalue weighted by atomic mass is 35.5.